The summed E-state index contributed by atoms with van der Waals surface area (Å²) in [6, 6.07) is 21.6. The van der Waals surface area contributed by atoms with Crippen molar-refractivity contribution >= 4 is 63.3 Å². The van der Waals surface area contributed by atoms with Crippen molar-refractivity contribution in [2.24, 2.45) is 4.99 Å². The molecule has 3 aromatic carbocycles. The van der Waals surface area contributed by atoms with Crippen LogP contribution in [0.25, 0.3) is 0 Å². The number of likely N-dealkylation sites (N-methyl/N-ethyl adjacent to an activating group) is 1. The molecule has 15 heteroatoms. The summed E-state index contributed by atoms with van der Waals surface area (Å²) in [4.78, 5) is 39.9. The van der Waals surface area contributed by atoms with Gasteiger partial charge in [0.15, 0.2) is 5.17 Å². The molecule has 2 saturated heterocycles. The molecule has 0 aromatic heterocycles. The van der Waals surface area contributed by atoms with E-state index in [-0.39, 0.29) is 18.1 Å². The number of nitriles is 1. The van der Waals surface area contributed by atoms with E-state index in [4.69, 9.17) is 9.73 Å². The van der Waals surface area contributed by atoms with Crippen LogP contribution in [0, 0.1) is 11.3 Å². The highest BCUT2D eigenvalue weighted by Gasteiger charge is 2.41. The Morgan fingerprint density at radius 3 is 2.54 bits per heavy atom. The van der Waals surface area contributed by atoms with Gasteiger partial charge < -0.3 is 19.9 Å². The molecule has 260 valence electrons. The maximum absolute atomic E-state index is 14.3. The van der Waals surface area contributed by atoms with Gasteiger partial charge in [-0.1, -0.05) is 42.1 Å². The SMILES string of the molecule is CCN(CCN1CCOCC1)c1ccc(C#N)cc1N=C1SC(=C2Sc3ccc(NC(=O)C(F)(F)F)cc3N2C)C(=O)N1Cc1ccccc1. The molecular weight excluding hydrogens is 688 g/mol. The summed E-state index contributed by atoms with van der Waals surface area (Å²) in [5.74, 6) is -2.34. The van der Waals surface area contributed by atoms with E-state index < -0.39 is 12.1 Å². The molecule has 3 aliphatic heterocycles. The quantitative estimate of drug-likeness (QED) is 0.252. The summed E-state index contributed by atoms with van der Waals surface area (Å²) in [6.45, 7) is 7.73. The number of carbonyl (C=O) groups excluding carboxylic acids is 2. The minimum Gasteiger partial charge on any atom is -0.379 e. The predicted octanol–water partition coefficient (Wildman–Crippen LogP) is 6.39. The van der Waals surface area contributed by atoms with E-state index in [9.17, 15) is 28.0 Å². The smallest absolute Gasteiger partial charge is 0.379 e. The molecule has 6 rings (SSSR count). The molecule has 3 heterocycles. The second kappa shape index (κ2) is 15.2. The minimum atomic E-state index is -5.03. The molecule has 10 nitrogen and oxygen atoms in total. The summed E-state index contributed by atoms with van der Waals surface area (Å²) in [7, 11) is 1.73. The van der Waals surface area contributed by atoms with Crippen LogP contribution in [0.5, 0.6) is 0 Å². The van der Waals surface area contributed by atoms with Crippen LogP contribution in [-0.2, 0) is 20.9 Å². The first-order valence-corrected chi connectivity index (χ1v) is 17.6. The van der Waals surface area contributed by atoms with Gasteiger partial charge in [-0.25, -0.2) is 4.99 Å². The van der Waals surface area contributed by atoms with E-state index in [0.29, 0.717) is 51.8 Å². The number of benzene rings is 3. The first-order valence-electron chi connectivity index (χ1n) is 15.9. The van der Waals surface area contributed by atoms with Crippen molar-refractivity contribution < 1.29 is 27.5 Å². The number of morpholine rings is 1. The zero-order valence-corrected chi connectivity index (χ0v) is 29.0. The zero-order valence-electron chi connectivity index (χ0n) is 27.4. The van der Waals surface area contributed by atoms with Gasteiger partial charge in [0, 0.05) is 50.4 Å². The van der Waals surface area contributed by atoms with Crippen LogP contribution in [-0.4, -0.2) is 85.9 Å². The van der Waals surface area contributed by atoms with Crippen LogP contribution in [0.2, 0.25) is 0 Å². The van der Waals surface area contributed by atoms with Crippen LogP contribution >= 0.6 is 23.5 Å². The second-order valence-electron chi connectivity index (χ2n) is 11.7. The van der Waals surface area contributed by atoms with Crippen LogP contribution in [0.4, 0.5) is 35.9 Å². The average molecular weight is 722 g/mol. The number of fused-ring (bicyclic) bond motifs is 1. The molecule has 3 aromatic rings. The van der Waals surface area contributed by atoms with Gasteiger partial charge in [0.2, 0.25) is 0 Å². The standard InChI is InChI=1S/C35H34F3N7O3S2/c1-3-44(14-13-43-15-17-48-18-16-43)27-11-9-24(21-39)19-26(27)41-34-45(22-23-7-5-4-6-8-23)31(46)30(50-34)32-42(2)28-20-25(10-12-29(28)49-32)40-33(47)35(36,37)38/h4-12,19-20H,3,13-18,22H2,1-2H3,(H,40,47). The molecule has 0 saturated carbocycles. The average Bonchev–Trinajstić information content (AvgIpc) is 3.60. The lowest BCUT2D eigenvalue weighted by Crippen LogP contribution is -2.41. The third-order valence-electron chi connectivity index (χ3n) is 8.42. The molecular formula is C35H34F3N7O3S2. The highest BCUT2D eigenvalue weighted by molar-refractivity contribution is 8.19. The second-order valence-corrected chi connectivity index (χ2v) is 13.7. The number of aliphatic imine (C=N–C) groups is 1. The van der Waals surface area contributed by atoms with Gasteiger partial charge in [0.25, 0.3) is 5.91 Å². The van der Waals surface area contributed by atoms with Crippen molar-refractivity contribution in [2.75, 3.05) is 68.1 Å². The maximum atomic E-state index is 14.3. The molecule has 2 amide bonds. The summed E-state index contributed by atoms with van der Waals surface area (Å²) in [6.07, 6.45) is -5.03. The van der Waals surface area contributed by atoms with Crippen molar-refractivity contribution in [2.45, 2.75) is 24.5 Å². The van der Waals surface area contributed by atoms with Gasteiger partial charge in [-0.05, 0) is 60.6 Å². The Bertz CT molecular complexity index is 1880. The normalized spacial score (nSPS) is 18.8. The fourth-order valence-electron chi connectivity index (χ4n) is 5.74. The number of nitrogens with one attached hydrogen (secondary N) is 1. The Morgan fingerprint density at radius 2 is 1.84 bits per heavy atom. The molecule has 0 spiro atoms. The third kappa shape index (κ3) is 7.78. The third-order valence-corrected chi connectivity index (χ3v) is 10.9. The van der Waals surface area contributed by atoms with Crippen LogP contribution < -0.4 is 15.1 Å². The number of hydrogen-bond donors (Lipinski definition) is 1. The van der Waals surface area contributed by atoms with E-state index in [1.807, 2.05) is 41.7 Å². The lowest BCUT2D eigenvalue weighted by Gasteiger charge is -2.31. The van der Waals surface area contributed by atoms with E-state index in [1.165, 1.54) is 35.7 Å². The summed E-state index contributed by atoms with van der Waals surface area (Å²) >= 11 is 2.53. The number of hydrogen-bond acceptors (Lipinski definition) is 10. The lowest BCUT2D eigenvalue weighted by molar-refractivity contribution is -0.167. The Balaban J connectivity index is 1.35. The summed E-state index contributed by atoms with van der Waals surface area (Å²) in [5.41, 5.74) is 3.28. The number of anilines is 3. The molecule has 3 aliphatic rings. The lowest BCUT2D eigenvalue weighted by atomic mass is 10.1. The highest BCUT2D eigenvalue weighted by atomic mass is 32.2. The van der Waals surface area contributed by atoms with Gasteiger partial charge in [-0.15, -0.1) is 0 Å². The zero-order chi connectivity index (χ0) is 35.4. The van der Waals surface area contributed by atoms with Gasteiger partial charge in [0.05, 0.1) is 53.5 Å². The molecule has 0 radical (unpaired) electrons. The van der Waals surface area contributed by atoms with Crippen molar-refractivity contribution in [3.63, 3.8) is 0 Å². The number of thioether (sulfide) groups is 2. The van der Waals surface area contributed by atoms with Crippen LogP contribution in [0.15, 0.2) is 86.6 Å². The van der Waals surface area contributed by atoms with Crippen LogP contribution in [0.3, 0.4) is 0 Å². The first-order chi connectivity index (χ1) is 24.0. The number of amides is 2. The largest absolute Gasteiger partial charge is 0.471 e. The molecule has 0 aliphatic carbocycles. The topological polar surface area (TPSA) is 105 Å². The van der Waals surface area contributed by atoms with Gasteiger partial charge in [-0.2, -0.15) is 18.4 Å². The monoisotopic (exact) mass is 721 g/mol. The highest BCUT2D eigenvalue weighted by Crippen LogP contribution is 2.51. The summed E-state index contributed by atoms with van der Waals surface area (Å²) < 4.78 is 44.2. The van der Waals surface area contributed by atoms with Gasteiger partial charge in [0.1, 0.15) is 4.91 Å². The number of halogens is 3. The molecule has 0 bridgehead atoms. The summed E-state index contributed by atoms with van der Waals surface area (Å²) in [5, 5.41) is 12.7. The predicted molar refractivity (Wildman–Crippen MR) is 190 cm³/mol. The number of ether oxygens (including phenoxy) is 1. The molecule has 1 N–H and O–H groups in total. The van der Waals surface area contributed by atoms with Crippen molar-refractivity contribution in [3.8, 4) is 6.07 Å². The van der Waals surface area contributed by atoms with Crippen molar-refractivity contribution in [3.05, 3.63) is 87.8 Å². The van der Waals surface area contributed by atoms with Gasteiger partial charge in [-0.3, -0.25) is 19.4 Å². The fourth-order valence-corrected chi connectivity index (χ4v) is 8.05. The number of amidine groups is 1. The maximum Gasteiger partial charge on any atom is 0.471 e. The van der Waals surface area contributed by atoms with Crippen molar-refractivity contribution in [1.82, 2.24) is 9.80 Å². The number of nitrogens with zero attached hydrogens (tertiary/aromatic N) is 6. The first kappa shape index (κ1) is 35.3. The fraction of sp³-hybridized carbons (Fsp3) is 0.314. The number of alkyl halides is 3. The molecule has 2 fully saturated rings. The van der Waals surface area contributed by atoms with E-state index in [1.54, 1.807) is 35.0 Å². The Morgan fingerprint density at radius 1 is 1.08 bits per heavy atom. The number of carbonyl (C=O) groups is 2. The van der Waals surface area contributed by atoms with Crippen LogP contribution in [0.1, 0.15) is 18.1 Å². The molecule has 50 heavy (non-hydrogen) atoms. The van der Waals surface area contributed by atoms with Crippen molar-refractivity contribution in [1.29, 1.82) is 5.26 Å². The molecule has 0 unspecified atom stereocenters. The number of rotatable bonds is 9. The Labute approximate surface area is 296 Å². The Kier molecular flexibility index (Phi) is 10.7. The van der Waals surface area contributed by atoms with Gasteiger partial charge >= 0.3 is 12.1 Å². The van der Waals surface area contributed by atoms with E-state index >= 15 is 0 Å². The minimum absolute atomic E-state index is 0.0119. The van der Waals surface area contributed by atoms with E-state index in [0.717, 1.165) is 42.3 Å². The van der Waals surface area contributed by atoms with E-state index in [2.05, 4.69) is 22.8 Å². The Hall–Kier alpha value is -4.49. The molecule has 0 atom stereocenters.